The minimum Gasteiger partial charge on any atom is -0.494 e. The Morgan fingerprint density at radius 2 is 2.28 bits per heavy atom. The van der Waals surface area contributed by atoms with Crippen LogP contribution in [0.25, 0.3) is 0 Å². The van der Waals surface area contributed by atoms with Gasteiger partial charge in [0.05, 0.1) is 6.61 Å². The van der Waals surface area contributed by atoms with Crippen molar-refractivity contribution in [1.82, 2.24) is 5.32 Å². The highest BCUT2D eigenvalue weighted by Gasteiger charge is 2.14. The van der Waals surface area contributed by atoms with Crippen molar-refractivity contribution in [1.29, 1.82) is 0 Å². The first-order valence-corrected chi connectivity index (χ1v) is 6.89. The second-order valence-electron chi connectivity index (χ2n) is 4.74. The van der Waals surface area contributed by atoms with Gasteiger partial charge in [-0.25, -0.2) is 0 Å². The van der Waals surface area contributed by atoms with E-state index in [0.29, 0.717) is 0 Å². The predicted molar refractivity (Wildman–Crippen MR) is 72.9 cm³/mol. The van der Waals surface area contributed by atoms with E-state index in [1.165, 1.54) is 18.4 Å². The van der Waals surface area contributed by atoms with E-state index in [4.69, 9.17) is 9.47 Å². The second kappa shape index (κ2) is 7.39. The SMILES string of the molecule is CCOc1ccccc1CNCCC1CCOC1. The number of para-hydroxylation sites is 1. The molecule has 18 heavy (non-hydrogen) atoms. The van der Waals surface area contributed by atoms with Gasteiger partial charge in [-0.1, -0.05) is 18.2 Å². The van der Waals surface area contributed by atoms with Gasteiger partial charge >= 0.3 is 0 Å². The average Bonchev–Trinajstić information content (AvgIpc) is 2.90. The summed E-state index contributed by atoms with van der Waals surface area (Å²) in [4.78, 5) is 0. The van der Waals surface area contributed by atoms with Crippen LogP contribution in [0.5, 0.6) is 5.75 Å². The summed E-state index contributed by atoms with van der Waals surface area (Å²) in [7, 11) is 0. The lowest BCUT2D eigenvalue weighted by molar-refractivity contribution is 0.184. The third kappa shape index (κ3) is 4.00. The zero-order valence-electron chi connectivity index (χ0n) is 11.2. The summed E-state index contributed by atoms with van der Waals surface area (Å²) >= 11 is 0. The molecule has 1 fully saturated rings. The monoisotopic (exact) mass is 249 g/mol. The Kier molecular flexibility index (Phi) is 5.49. The van der Waals surface area contributed by atoms with Crippen molar-refractivity contribution in [3.63, 3.8) is 0 Å². The van der Waals surface area contributed by atoms with E-state index in [-0.39, 0.29) is 0 Å². The van der Waals surface area contributed by atoms with E-state index in [9.17, 15) is 0 Å². The number of hydrogen-bond acceptors (Lipinski definition) is 3. The molecule has 1 heterocycles. The molecule has 0 amide bonds. The first-order chi connectivity index (χ1) is 8.90. The lowest BCUT2D eigenvalue weighted by atomic mass is 10.1. The van der Waals surface area contributed by atoms with Gasteiger partial charge in [-0.3, -0.25) is 0 Å². The summed E-state index contributed by atoms with van der Waals surface area (Å²) < 4.78 is 11.0. The molecule has 3 heteroatoms. The number of ether oxygens (including phenoxy) is 2. The lowest BCUT2D eigenvalue weighted by Crippen LogP contribution is -2.18. The normalized spacial score (nSPS) is 19.1. The van der Waals surface area contributed by atoms with Crippen LogP contribution in [-0.4, -0.2) is 26.4 Å². The number of hydrogen-bond donors (Lipinski definition) is 1. The molecule has 1 N–H and O–H groups in total. The van der Waals surface area contributed by atoms with Crippen molar-refractivity contribution >= 4 is 0 Å². The first kappa shape index (κ1) is 13.4. The molecule has 0 spiro atoms. The molecule has 100 valence electrons. The molecule has 0 aliphatic carbocycles. The van der Waals surface area contributed by atoms with Crippen molar-refractivity contribution in [2.24, 2.45) is 5.92 Å². The largest absolute Gasteiger partial charge is 0.494 e. The summed E-state index contributed by atoms with van der Waals surface area (Å²) in [5.74, 6) is 1.75. The predicted octanol–water partition coefficient (Wildman–Crippen LogP) is 2.60. The third-order valence-corrected chi connectivity index (χ3v) is 3.34. The van der Waals surface area contributed by atoms with Crippen LogP contribution in [0.15, 0.2) is 24.3 Å². The first-order valence-electron chi connectivity index (χ1n) is 6.89. The number of nitrogens with one attached hydrogen (secondary N) is 1. The molecule has 1 saturated heterocycles. The van der Waals surface area contributed by atoms with Crippen molar-refractivity contribution < 1.29 is 9.47 Å². The van der Waals surface area contributed by atoms with Crippen molar-refractivity contribution in [2.75, 3.05) is 26.4 Å². The molecular formula is C15H23NO2. The van der Waals surface area contributed by atoms with Gasteiger partial charge in [-0.05, 0) is 38.3 Å². The molecule has 0 aromatic heterocycles. The Bertz CT molecular complexity index is 348. The summed E-state index contributed by atoms with van der Waals surface area (Å²) in [5, 5.41) is 3.49. The van der Waals surface area contributed by atoms with Gasteiger partial charge < -0.3 is 14.8 Å². The Morgan fingerprint density at radius 1 is 1.39 bits per heavy atom. The van der Waals surface area contributed by atoms with Crippen LogP contribution in [0.1, 0.15) is 25.3 Å². The highest BCUT2D eigenvalue weighted by Crippen LogP contribution is 2.18. The third-order valence-electron chi connectivity index (χ3n) is 3.34. The molecule has 1 atom stereocenters. The molecule has 0 bridgehead atoms. The molecule has 1 unspecified atom stereocenters. The maximum absolute atomic E-state index is 5.61. The molecule has 1 aromatic carbocycles. The smallest absolute Gasteiger partial charge is 0.123 e. The van der Waals surface area contributed by atoms with E-state index in [1.54, 1.807) is 0 Å². The Balaban J connectivity index is 1.72. The second-order valence-corrected chi connectivity index (χ2v) is 4.74. The van der Waals surface area contributed by atoms with E-state index < -0.39 is 0 Å². The Hall–Kier alpha value is -1.06. The summed E-state index contributed by atoms with van der Waals surface area (Å²) in [6, 6.07) is 8.23. The van der Waals surface area contributed by atoms with Gasteiger partial charge in [0.1, 0.15) is 5.75 Å². The van der Waals surface area contributed by atoms with Crippen LogP contribution in [0, 0.1) is 5.92 Å². The van der Waals surface area contributed by atoms with Crippen molar-refractivity contribution in [3.8, 4) is 5.75 Å². The summed E-state index contributed by atoms with van der Waals surface area (Å²) in [5.41, 5.74) is 1.24. The quantitative estimate of drug-likeness (QED) is 0.753. The molecule has 1 aliphatic rings. The number of benzene rings is 1. The fourth-order valence-corrected chi connectivity index (χ4v) is 2.29. The van der Waals surface area contributed by atoms with Crippen molar-refractivity contribution in [2.45, 2.75) is 26.3 Å². The van der Waals surface area contributed by atoms with E-state index >= 15 is 0 Å². The van der Waals surface area contributed by atoms with Gasteiger partial charge in [0.25, 0.3) is 0 Å². The highest BCUT2D eigenvalue weighted by atomic mass is 16.5. The topological polar surface area (TPSA) is 30.5 Å². The zero-order chi connectivity index (χ0) is 12.6. The van der Waals surface area contributed by atoms with Gasteiger partial charge in [0.2, 0.25) is 0 Å². The van der Waals surface area contributed by atoms with Gasteiger partial charge in [0, 0.05) is 25.3 Å². The number of rotatable bonds is 7. The van der Waals surface area contributed by atoms with Crippen LogP contribution in [0.4, 0.5) is 0 Å². The molecule has 2 rings (SSSR count). The van der Waals surface area contributed by atoms with E-state index in [2.05, 4.69) is 17.4 Å². The van der Waals surface area contributed by atoms with E-state index in [0.717, 1.165) is 44.6 Å². The van der Waals surface area contributed by atoms with Crippen LogP contribution in [0.3, 0.4) is 0 Å². The Labute approximate surface area is 109 Å². The molecule has 1 aliphatic heterocycles. The van der Waals surface area contributed by atoms with E-state index in [1.807, 2.05) is 19.1 Å². The summed E-state index contributed by atoms with van der Waals surface area (Å²) in [6.45, 7) is 6.55. The van der Waals surface area contributed by atoms with Crippen molar-refractivity contribution in [3.05, 3.63) is 29.8 Å². The zero-order valence-corrected chi connectivity index (χ0v) is 11.2. The molecule has 3 nitrogen and oxygen atoms in total. The minimum absolute atomic E-state index is 0.719. The standard InChI is InChI=1S/C15H23NO2/c1-2-18-15-6-4-3-5-14(15)11-16-9-7-13-8-10-17-12-13/h3-6,13,16H,2,7-12H2,1H3. The van der Waals surface area contributed by atoms with Crippen LogP contribution in [-0.2, 0) is 11.3 Å². The lowest BCUT2D eigenvalue weighted by Gasteiger charge is -2.12. The molecule has 0 radical (unpaired) electrons. The van der Waals surface area contributed by atoms with Crippen LogP contribution >= 0.6 is 0 Å². The maximum Gasteiger partial charge on any atom is 0.123 e. The average molecular weight is 249 g/mol. The molecular weight excluding hydrogens is 226 g/mol. The Morgan fingerprint density at radius 3 is 3.06 bits per heavy atom. The van der Waals surface area contributed by atoms with Gasteiger partial charge in [0.15, 0.2) is 0 Å². The summed E-state index contributed by atoms with van der Waals surface area (Å²) in [6.07, 6.45) is 2.42. The highest BCUT2D eigenvalue weighted by molar-refractivity contribution is 5.33. The minimum atomic E-state index is 0.719. The fraction of sp³-hybridized carbons (Fsp3) is 0.600. The molecule has 1 aromatic rings. The van der Waals surface area contributed by atoms with Gasteiger partial charge in [-0.2, -0.15) is 0 Å². The molecule has 0 saturated carbocycles. The van der Waals surface area contributed by atoms with Crippen LogP contribution < -0.4 is 10.1 Å². The fourth-order valence-electron chi connectivity index (χ4n) is 2.29. The maximum atomic E-state index is 5.61. The van der Waals surface area contributed by atoms with Gasteiger partial charge in [-0.15, -0.1) is 0 Å². The van der Waals surface area contributed by atoms with Crippen LogP contribution in [0.2, 0.25) is 0 Å².